The van der Waals surface area contributed by atoms with Crippen molar-refractivity contribution in [2.75, 3.05) is 31.8 Å². The van der Waals surface area contributed by atoms with Crippen LogP contribution in [0.15, 0.2) is 144 Å². The zero-order valence-corrected chi connectivity index (χ0v) is 32.3. The van der Waals surface area contributed by atoms with Crippen LogP contribution in [-0.2, 0) is 30.4 Å². The number of carbonyl (C=O) groups is 3. The average Bonchev–Trinajstić information content (AvgIpc) is 3.25. The highest BCUT2D eigenvalue weighted by molar-refractivity contribution is 7.99. The smallest absolute Gasteiger partial charge is 0.341 e. The number of hydrogen-bond acceptors (Lipinski definition) is 10. The van der Waals surface area contributed by atoms with Crippen LogP contribution in [0.4, 0.5) is 0 Å². The zero-order valence-electron chi connectivity index (χ0n) is 30.6. The van der Waals surface area contributed by atoms with Crippen molar-refractivity contribution in [2.45, 2.75) is 16.4 Å². The summed E-state index contributed by atoms with van der Waals surface area (Å²) < 4.78 is 21.1. The number of carbonyl (C=O) groups excluding carboxylic acids is 3. The minimum Gasteiger partial charge on any atom is -0.488 e. The van der Waals surface area contributed by atoms with Crippen LogP contribution < -0.4 is 4.74 Å². The second kappa shape index (κ2) is 21.4. The Balaban J connectivity index is 1.13. The summed E-state index contributed by atoms with van der Waals surface area (Å²) in [5.41, 5.74) is 6.08. The van der Waals surface area contributed by atoms with Crippen molar-refractivity contribution < 1.29 is 33.3 Å². The van der Waals surface area contributed by atoms with Crippen LogP contribution in [0.3, 0.4) is 0 Å². The molecule has 0 aliphatic rings. The Morgan fingerprint density at radius 1 is 0.661 bits per heavy atom. The Kier molecular flexibility index (Phi) is 15.6. The number of aromatic nitrogens is 1. The summed E-state index contributed by atoms with van der Waals surface area (Å²) in [5, 5.41) is 0. The molecule has 0 amide bonds. The maximum atomic E-state index is 12.7. The van der Waals surface area contributed by atoms with Crippen LogP contribution in [0.2, 0.25) is 0 Å². The maximum Gasteiger partial charge on any atom is 0.341 e. The molecule has 0 spiro atoms. The number of ether oxygens (including phenoxy) is 4. The Morgan fingerprint density at radius 3 is 1.70 bits per heavy atom. The van der Waals surface area contributed by atoms with Gasteiger partial charge in [-0.1, -0.05) is 61.1 Å². The van der Waals surface area contributed by atoms with Crippen LogP contribution in [0.5, 0.6) is 5.75 Å². The van der Waals surface area contributed by atoms with Gasteiger partial charge in [0.05, 0.1) is 12.8 Å². The molecule has 0 aliphatic carbocycles. The molecule has 1 aromatic heterocycles. The van der Waals surface area contributed by atoms with Gasteiger partial charge < -0.3 is 18.9 Å². The first-order chi connectivity index (χ1) is 27.3. The van der Waals surface area contributed by atoms with E-state index in [1.807, 2.05) is 84.9 Å². The molecule has 0 saturated heterocycles. The summed E-state index contributed by atoms with van der Waals surface area (Å²) in [5.74, 6) is 12.9. The molecule has 1 heterocycles. The number of benzene rings is 4. The van der Waals surface area contributed by atoms with E-state index >= 15 is 0 Å². The van der Waals surface area contributed by atoms with Crippen molar-refractivity contribution in [1.29, 1.82) is 0 Å². The third kappa shape index (κ3) is 12.8. The van der Waals surface area contributed by atoms with Gasteiger partial charge in [0, 0.05) is 67.5 Å². The lowest BCUT2D eigenvalue weighted by atomic mass is 10.1. The van der Waals surface area contributed by atoms with Gasteiger partial charge in [-0.15, -0.1) is 23.5 Å². The monoisotopic (exact) mass is 779 g/mol. The fourth-order valence-electron chi connectivity index (χ4n) is 4.85. The highest BCUT2D eigenvalue weighted by Gasteiger charge is 2.14. The topological polar surface area (TPSA) is 101 Å². The lowest BCUT2D eigenvalue weighted by Gasteiger charge is -2.11. The first kappa shape index (κ1) is 40.7. The van der Waals surface area contributed by atoms with E-state index in [1.54, 1.807) is 47.9 Å². The molecule has 0 fully saturated rings. The third-order valence-electron chi connectivity index (χ3n) is 7.73. The number of nitrogens with zero attached hydrogens (tertiary/aromatic N) is 1. The molecule has 280 valence electrons. The minimum absolute atomic E-state index is 0.239. The maximum absolute atomic E-state index is 12.7. The van der Waals surface area contributed by atoms with E-state index in [1.165, 1.54) is 7.11 Å². The second-order valence-corrected chi connectivity index (χ2v) is 13.9. The molecule has 0 saturated carbocycles. The van der Waals surface area contributed by atoms with Crippen LogP contribution in [0.1, 0.15) is 38.2 Å². The summed E-state index contributed by atoms with van der Waals surface area (Å²) in [6.07, 6.45) is 4.05. The molecule has 0 atom stereocenters. The average molecular weight is 780 g/mol. The van der Waals surface area contributed by atoms with Gasteiger partial charge in [0.1, 0.15) is 31.1 Å². The van der Waals surface area contributed by atoms with E-state index in [4.69, 9.17) is 18.9 Å². The Bertz CT molecular complexity index is 2280. The van der Waals surface area contributed by atoms with Gasteiger partial charge in [-0.05, 0) is 84.4 Å². The molecule has 0 N–H and O–H groups in total. The Morgan fingerprint density at radius 2 is 1.18 bits per heavy atom. The van der Waals surface area contributed by atoms with E-state index in [9.17, 15) is 14.4 Å². The molecule has 10 heteroatoms. The summed E-state index contributed by atoms with van der Waals surface area (Å²) in [6.45, 7) is 7.64. The van der Waals surface area contributed by atoms with Crippen LogP contribution >= 0.6 is 23.5 Å². The summed E-state index contributed by atoms with van der Waals surface area (Å²) in [6, 6.07) is 32.6. The first-order valence-electron chi connectivity index (χ1n) is 17.3. The van der Waals surface area contributed by atoms with Gasteiger partial charge in [-0.2, -0.15) is 0 Å². The SMILES string of the molecule is C=CC(=O)OCCSc1ccc(C#Cc2ccc(-c3ccc(COc4ccc(C#Cc5ccc(SCCOC(=O)C=C)cc5)cc4C(=O)OC)cc3)nc2)cc1. The second-order valence-electron chi connectivity index (χ2n) is 11.6. The van der Waals surface area contributed by atoms with Gasteiger partial charge in [0.2, 0.25) is 0 Å². The van der Waals surface area contributed by atoms with Gasteiger partial charge in [0.15, 0.2) is 0 Å². The largest absolute Gasteiger partial charge is 0.488 e. The normalized spacial score (nSPS) is 10.1. The van der Waals surface area contributed by atoms with E-state index in [0.29, 0.717) is 36.0 Å². The van der Waals surface area contributed by atoms with E-state index in [-0.39, 0.29) is 12.2 Å². The molecule has 0 aliphatic heterocycles. The molecular weight excluding hydrogens is 743 g/mol. The molecule has 0 unspecified atom stereocenters. The van der Waals surface area contributed by atoms with Crippen molar-refractivity contribution in [2.24, 2.45) is 0 Å². The highest BCUT2D eigenvalue weighted by atomic mass is 32.2. The lowest BCUT2D eigenvalue weighted by molar-refractivity contribution is -0.138. The molecule has 5 aromatic rings. The van der Waals surface area contributed by atoms with Crippen molar-refractivity contribution in [1.82, 2.24) is 4.98 Å². The number of rotatable bonds is 15. The number of methoxy groups -OCH3 is 1. The zero-order chi connectivity index (χ0) is 39.5. The predicted molar refractivity (Wildman–Crippen MR) is 220 cm³/mol. The van der Waals surface area contributed by atoms with Crippen LogP contribution in [0, 0.1) is 23.7 Å². The van der Waals surface area contributed by atoms with Crippen molar-refractivity contribution in [3.8, 4) is 40.7 Å². The van der Waals surface area contributed by atoms with E-state index < -0.39 is 17.9 Å². The number of thioether (sulfide) groups is 2. The van der Waals surface area contributed by atoms with Crippen molar-refractivity contribution in [3.63, 3.8) is 0 Å². The first-order valence-corrected chi connectivity index (χ1v) is 19.3. The summed E-state index contributed by atoms with van der Waals surface area (Å²) >= 11 is 3.17. The molecule has 0 radical (unpaired) electrons. The summed E-state index contributed by atoms with van der Waals surface area (Å²) in [7, 11) is 1.33. The van der Waals surface area contributed by atoms with E-state index in [2.05, 4.69) is 41.8 Å². The van der Waals surface area contributed by atoms with Gasteiger partial charge in [-0.25, -0.2) is 14.4 Å². The van der Waals surface area contributed by atoms with Crippen LogP contribution in [0.25, 0.3) is 11.3 Å². The molecule has 0 bridgehead atoms. The van der Waals surface area contributed by atoms with E-state index in [0.717, 1.165) is 55.5 Å². The fourth-order valence-corrected chi connectivity index (χ4v) is 6.32. The van der Waals surface area contributed by atoms with Crippen LogP contribution in [-0.4, -0.2) is 54.7 Å². The molecular formula is C46H37NO7S2. The summed E-state index contributed by atoms with van der Waals surface area (Å²) in [4.78, 5) is 41.7. The molecule has 8 nitrogen and oxygen atoms in total. The Labute approximate surface area is 335 Å². The molecule has 5 rings (SSSR count). The molecule has 4 aromatic carbocycles. The number of pyridine rings is 1. The Hall–Kier alpha value is -6.46. The highest BCUT2D eigenvalue weighted by Crippen LogP contribution is 2.24. The van der Waals surface area contributed by atoms with Crippen molar-refractivity contribution in [3.05, 3.63) is 168 Å². The minimum atomic E-state index is -0.521. The van der Waals surface area contributed by atoms with Crippen molar-refractivity contribution >= 4 is 41.4 Å². The lowest BCUT2D eigenvalue weighted by Crippen LogP contribution is -2.06. The quantitative estimate of drug-likeness (QED) is 0.0257. The third-order valence-corrected chi connectivity index (χ3v) is 9.68. The number of hydrogen-bond donors (Lipinski definition) is 0. The fraction of sp³-hybridized carbons (Fsp3) is 0.130. The molecule has 56 heavy (non-hydrogen) atoms. The van der Waals surface area contributed by atoms with Gasteiger partial charge in [-0.3, -0.25) is 4.98 Å². The predicted octanol–water partition coefficient (Wildman–Crippen LogP) is 8.56. The number of esters is 3. The van der Waals surface area contributed by atoms with Gasteiger partial charge >= 0.3 is 17.9 Å². The standard InChI is InChI=1S/C46H37NO7S2/c1-4-44(48)52-26-28-55-39-20-12-33(13-21-39)6-8-35-17-25-43(41(30-35)46(50)51-3)54-32-37-10-18-38(19-11-37)42-24-16-36(31-47-42)9-7-34-14-22-40(23-15-34)56-29-27-53-45(49)5-2/h4-5,10-25,30-31H,1-2,26-29,32H2,3H3. The van der Waals surface area contributed by atoms with Gasteiger partial charge in [0.25, 0.3) is 0 Å².